The Bertz CT molecular complexity index is 562. The topological polar surface area (TPSA) is 92.5 Å². The van der Waals surface area contributed by atoms with E-state index in [1.54, 1.807) is 19.2 Å². The normalized spacial score (nSPS) is 12.1. The Kier molecular flexibility index (Phi) is 6.63. The maximum atomic E-state index is 12.0. The highest BCUT2D eigenvalue weighted by Crippen LogP contribution is 2.23. The van der Waals surface area contributed by atoms with Crippen LogP contribution >= 0.6 is 23.7 Å². The SMILES string of the molecule is CN(C)S(=O)(=O)c1ccsc1C(=O)NCC(C)(C)N.Cl. The van der Waals surface area contributed by atoms with Crippen LogP contribution in [0.15, 0.2) is 16.3 Å². The minimum atomic E-state index is -3.61. The van der Waals surface area contributed by atoms with Crippen molar-refractivity contribution in [1.82, 2.24) is 9.62 Å². The number of carbonyl (C=O) groups is 1. The summed E-state index contributed by atoms with van der Waals surface area (Å²) in [7, 11) is -0.755. The number of carbonyl (C=O) groups excluding carboxylic acids is 1. The van der Waals surface area contributed by atoms with E-state index in [9.17, 15) is 13.2 Å². The van der Waals surface area contributed by atoms with Crippen molar-refractivity contribution in [2.45, 2.75) is 24.3 Å². The summed E-state index contributed by atoms with van der Waals surface area (Å²) < 4.78 is 25.2. The molecule has 0 bridgehead atoms. The first-order valence-corrected chi connectivity index (χ1v) is 7.95. The molecule has 1 aromatic rings. The van der Waals surface area contributed by atoms with Gasteiger partial charge in [0.05, 0.1) is 0 Å². The van der Waals surface area contributed by atoms with Crippen LogP contribution in [0, 0.1) is 0 Å². The van der Waals surface area contributed by atoms with Gasteiger partial charge in [-0.3, -0.25) is 4.79 Å². The smallest absolute Gasteiger partial charge is 0.262 e. The van der Waals surface area contributed by atoms with Crippen LogP contribution in [0.4, 0.5) is 0 Å². The van der Waals surface area contributed by atoms with E-state index >= 15 is 0 Å². The molecule has 0 aromatic carbocycles. The molecule has 0 atom stereocenters. The van der Waals surface area contributed by atoms with Gasteiger partial charge < -0.3 is 11.1 Å². The third-order valence-corrected chi connectivity index (χ3v) is 5.20. The molecule has 0 saturated heterocycles. The zero-order valence-electron chi connectivity index (χ0n) is 11.8. The van der Waals surface area contributed by atoms with E-state index in [0.29, 0.717) is 0 Å². The summed E-state index contributed by atoms with van der Waals surface area (Å²) in [6.45, 7) is 3.82. The lowest BCUT2D eigenvalue weighted by Crippen LogP contribution is -2.45. The summed E-state index contributed by atoms with van der Waals surface area (Å²) in [5.41, 5.74) is 5.22. The summed E-state index contributed by atoms with van der Waals surface area (Å²) in [5.74, 6) is -0.422. The van der Waals surface area contributed by atoms with E-state index in [-0.39, 0.29) is 28.7 Å². The van der Waals surface area contributed by atoms with Crippen molar-refractivity contribution < 1.29 is 13.2 Å². The van der Waals surface area contributed by atoms with Gasteiger partial charge in [-0.1, -0.05) is 0 Å². The lowest BCUT2D eigenvalue weighted by Gasteiger charge is -2.19. The molecule has 0 aliphatic rings. The first kappa shape index (κ1) is 19.3. The quantitative estimate of drug-likeness (QED) is 0.831. The third kappa shape index (κ3) is 4.71. The van der Waals surface area contributed by atoms with Gasteiger partial charge in [-0.25, -0.2) is 12.7 Å². The van der Waals surface area contributed by atoms with Gasteiger partial charge in [-0.2, -0.15) is 0 Å². The molecule has 0 aliphatic carbocycles. The molecule has 116 valence electrons. The lowest BCUT2D eigenvalue weighted by atomic mass is 10.1. The molecule has 0 spiro atoms. The second-order valence-corrected chi connectivity index (χ2v) is 8.11. The van der Waals surface area contributed by atoms with Crippen LogP contribution in [-0.4, -0.2) is 44.8 Å². The summed E-state index contributed by atoms with van der Waals surface area (Å²) in [6.07, 6.45) is 0. The number of hydrogen-bond acceptors (Lipinski definition) is 5. The van der Waals surface area contributed by atoms with Crippen LogP contribution in [0.2, 0.25) is 0 Å². The van der Waals surface area contributed by atoms with E-state index in [0.717, 1.165) is 15.6 Å². The Labute approximate surface area is 129 Å². The van der Waals surface area contributed by atoms with E-state index in [1.807, 2.05) is 0 Å². The van der Waals surface area contributed by atoms with E-state index in [1.165, 1.54) is 20.2 Å². The molecule has 0 unspecified atom stereocenters. The standard InChI is InChI=1S/C11H19N3O3S2.ClH/c1-11(2,12)7-13-10(15)9-8(5-6-18-9)19(16,17)14(3)4;/h5-6H,7,12H2,1-4H3,(H,13,15);1H. The Morgan fingerprint density at radius 3 is 2.45 bits per heavy atom. The highest BCUT2D eigenvalue weighted by atomic mass is 35.5. The van der Waals surface area contributed by atoms with Gasteiger partial charge in [-0.05, 0) is 25.3 Å². The predicted octanol–water partition coefficient (Wildman–Crippen LogP) is 0.887. The van der Waals surface area contributed by atoms with Crippen molar-refractivity contribution in [3.8, 4) is 0 Å². The fourth-order valence-electron chi connectivity index (χ4n) is 1.25. The van der Waals surface area contributed by atoms with Crippen molar-refractivity contribution in [2.75, 3.05) is 20.6 Å². The number of amides is 1. The molecule has 1 rings (SSSR count). The van der Waals surface area contributed by atoms with Crippen molar-refractivity contribution >= 4 is 39.7 Å². The second-order valence-electron chi connectivity index (χ2n) is 5.07. The monoisotopic (exact) mass is 341 g/mol. The fraction of sp³-hybridized carbons (Fsp3) is 0.545. The van der Waals surface area contributed by atoms with Gasteiger partial charge in [0.2, 0.25) is 10.0 Å². The van der Waals surface area contributed by atoms with Crippen LogP contribution in [0.5, 0.6) is 0 Å². The molecule has 0 radical (unpaired) electrons. The van der Waals surface area contributed by atoms with E-state index in [2.05, 4.69) is 5.32 Å². The van der Waals surface area contributed by atoms with Gasteiger partial charge in [0.25, 0.3) is 5.91 Å². The average molecular weight is 342 g/mol. The van der Waals surface area contributed by atoms with Crippen LogP contribution in [0.3, 0.4) is 0 Å². The summed E-state index contributed by atoms with van der Waals surface area (Å²) in [5, 5.41) is 4.22. The second kappa shape index (κ2) is 6.86. The summed E-state index contributed by atoms with van der Waals surface area (Å²) in [4.78, 5) is 12.2. The molecular formula is C11H20ClN3O3S2. The highest BCUT2D eigenvalue weighted by molar-refractivity contribution is 7.89. The Morgan fingerprint density at radius 1 is 1.45 bits per heavy atom. The Balaban J connectivity index is 0.00000361. The van der Waals surface area contributed by atoms with Crippen LogP contribution in [0.1, 0.15) is 23.5 Å². The van der Waals surface area contributed by atoms with Gasteiger partial charge in [0.1, 0.15) is 9.77 Å². The molecule has 1 heterocycles. The van der Waals surface area contributed by atoms with Gasteiger partial charge in [-0.15, -0.1) is 23.7 Å². The number of sulfonamides is 1. The molecule has 9 heteroatoms. The lowest BCUT2D eigenvalue weighted by molar-refractivity contribution is 0.0947. The van der Waals surface area contributed by atoms with Crippen molar-refractivity contribution in [3.05, 3.63) is 16.3 Å². The molecular weight excluding hydrogens is 322 g/mol. The number of nitrogens with one attached hydrogen (secondary N) is 1. The Hall–Kier alpha value is -0.670. The largest absolute Gasteiger partial charge is 0.349 e. The van der Waals surface area contributed by atoms with Crippen LogP contribution < -0.4 is 11.1 Å². The number of nitrogens with zero attached hydrogens (tertiary/aromatic N) is 1. The molecule has 3 N–H and O–H groups in total. The van der Waals surface area contributed by atoms with Crippen LogP contribution in [-0.2, 0) is 10.0 Å². The Morgan fingerprint density at radius 2 is 2.00 bits per heavy atom. The minimum Gasteiger partial charge on any atom is -0.349 e. The number of halogens is 1. The zero-order valence-corrected chi connectivity index (χ0v) is 14.3. The number of thiophene rings is 1. The van der Waals surface area contributed by atoms with Gasteiger partial charge in [0.15, 0.2) is 0 Å². The maximum absolute atomic E-state index is 12.0. The minimum absolute atomic E-state index is 0. The molecule has 0 saturated carbocycles. The van der Waals surface area contributed by atoms with Crippen molar-refractivity contribution in [2.24, 2.45) is 5.73 Å². The summed E-state index contributed by atoms with van der Waals surface area (Å²) >= 11 is 1.09. The van der Waals surface area contributed by atoms with E-state index < -0.39 is 21.5 Å². The average Bonchev–Trinajstić information content (AvgIpc) is 2.73. The zero-order chi connectivity index (χ0) is 14.8. The van der Waals surface area contributed by atoms with Crippen LogP contribution in [0.25, 0.3) is 0 Å². The molecule has 0 aliphatic heterocycles. The third-order valence-electron chi connectivity index (χ3n) is 2.30. The molecule has 1 aromatic heterocycles. The highest BCUT2D eigenvalue weighted by Gasteiger charge is 2.26. The first-order chi connectivity index (χ1) is 8.55. The number of hydrogen-bond donors (Lipinski definition) is 2. The van der Waals surface area contributed by atoms with E-state index in [4.69, 9.17) is 5.73 Å². The molecule has 0 fully saturated rings. The van der Waals surface area contributed by atoms with Crippen molar-refractivity contribution in [1.29, 1.82) is 0 Å². The molecule has 1 amide bonds. The molecule has 20 heavy (non-hydrogen) atoms. The van der Waals surface area contributed by atoms with Gasteiger partial charge >= 0.3 is 0 Å². The molecule has 6 nitrogen and oxygen atoms in total. The fourth-order valence-corrected chi connectivity index (χ4v) is 3.46. The summed E-state index contributed by atoms with van der Waals surface area (Å²) in [6, 6.07) is 1.43. The number of nitrogens with two attached hydrogens (primary N) is 1. The number of rotatable bonds is 5. The van der Waals surface area contributed by atoms with Crippen molar-refractivity contribution in [3.63, 3.8) is 0 Å². The predicted molar refractivity (Wildman–Crippen MR) is 83.0 cm³/mol. The maximum Gasteiger partial charge on any atom is 0.262 e. The van der Waals surface area contributed by atoms with Gasteiger partial charge in [0, 0.05) is 26.2 Å². The first-order valence-electron chi connectivity index (χ1n) is 5.63.